The van der Waals surface area contributed by atoms with Crippen LogP contribution in [0.2, 0.25) is 0 Å². The number of nitrogens with one attached hydrogen (secondary N) is 1. The van der Waals surface area contributed by atoms with Crippen LogP contribution in [0.15, 0.2) is 24.7 Å². The molecule has 1 aliphatic rings. The van der Waals surface area contributed by atoms with Gasteiger partial charge in [0.2, 0.25) is 5.91 Å². The van der Waals surface area contributed by atoms with E-state index in [1.807, 2.05) is 59.5 Å². The van der Waals surface area contributed by atoms with Crippen LogP contribution in [0.1, 0.15) is 53.4 Å². The molecule has 196 valence electrons. The summed E-state index contributed by atoms with van der Waals surface area (Å²) in [6.07, 6.45) is 5.18. The molecule has 0 saturated carbocycles. The molecule has 1 aliphatic heterocycles. The molecule has 4 aromatic rings. The minimum atomic E-state index is 0.0452. The zero-order chi connectivity index (χ0) is 26.4. The van der Waals surface area contributed by atoms with E-state index in [1.54, 1.807) is 17.7 Å². The number of nitrogens with zero attached hydrogens (tertiary/aromatic N) is 6. The summed E-state index contributed by atoms with van der Waals surface area (Å²) in [6.45, 7) is 8.22. The lowest BCUT2D eigenvalue weighted by molar-refractivity contribution is -0.133. The second-order valence-electron chi connectivity index (χ2n) is 10.6. The first kappa shape index (κ1) is 25.4. The zero-order valence-corrected chi connectivity index (χ0v) is 23.2. The van der Waals surface area contributed by atoms with Crippen LogP contribution in [0, 0.1) is 6.92 Å². The maximum atomic E-state index is 13.5. The standard InChI is InChI=1S/C27H35N7O2S/c1-16(2)23-24(18-11-17(3)26-28-15-29-34(26)13-18)30-20-12-21(37-25(20)23)27(36)32(6)19-7-9-33(10-8-19)22(35)14-31(4)5/h11-13,15-16,19,30H,7-10,14H2,1-6H3. The number of aromatic nitrogens is 4. The van der Waals surface area contributed by atoms with Gasteiger partial charge in [-0.1, -0.05) is 13.8 Å². The fourth-order valence-electron chi connectivity index (χ4n) is 5.33. The Morgan fingerprint density at radius 3 is 2.59 bits per heavy atom. The van der Waals surface area contributed by atoms with Crippen LogP contribution < -0.4 is 0 Å². The summed E-state index contributed by atoms with van der Waals surface area (Å²) in [5.74, 6) is 0.475. The summed E-state index contributed by atoms with van der Waals surface area (Å²) >= 11 is 1.56. The van der Waals surface area contributed by atoms with Crippen LogP contribution in [0.3, 0.4) is 0 Å². The van der Waals surface area contributed by atoms with Gasteiger partial charge in [0.25, 0.3) is 5.91 Å². The third kappa shape index (κ3) is 4.75. The molecule has 2 amide bonds. The summed E-state index contributed by atoms with van der Waals surface area (Å²) in [7, 11) is 5.71. The van der Waals surface area contributed by atoms with Crippen molar-refractivity contribution in [1.82, 2.24) is 34.3 Å². The number of aryl methyl sites for hydroxylation is 1. The number of hydrogen-bond donors (Lipinski definition) is 1. The smallest absolute Gasteiger partial charge is 0.264 e. The van der Waals surface area contributed by atoms with Gasteiger partial charge in [0.05, 0.1) is 27.3 Å². The highest BCUT2D eigenvalue weighted by Gasteiger charge is 2.29. The highest BCUT2D eigenvalue weighted by Crippen LogP contribution is 2.40. The number of carbonyl (C=O) groups excluding carboxylic acids is 2. The third-order valence-electron chi connectivity index (χ3n) is 7.28. The Hall–Kier alpha value is -3.24. The molecule has 0 spiro atoms. The normalized spacial score (nSPS) is 15.0. The minimum Gasteiger partial charge on any atom is -0.354 e. The lowest BCUT2D eigenvalue weighted by Crippen LogP contribution is -2.48. The van der Waals surface area contributed by atoms with Gasteiger partial charge in [-0.3, -0.25) is 9.59 Å². The van der Waals surface area contributed by atoms with Crippen molar-refractivity contribution in [3.8, 4) is 11.3 Å². The number of likely N-dealkylation sites (N-methyl/N-ethyl adjacent to an activating group) is 1. The van der Waals surface area contributed by atoms with Crippen molar-refractivity contribution in [3.63, 3.8) is 0 Å². The van der Waals surface area contributed by atoms with Crippen LogP contribution in [0.4, 0.5) is 0 Å². The van der Waals surface area contributed by atoms with Crippen molar-refractivity contribution in [3.05, 3.63) is 40.7 Å². The van der Waals surface area contributed by atoms with Crippen molar-refractivity contribution in [2.24, 2.45) is 0 Å². The van der Waals surface area contributed by atoms with E-state index in [2.05, 4.69) is 35.0 Å². The number of hydrogen-bond acceptors (Lipinski definition) is 6. The van der Waals surface area contributed by atoms with Crippen molar-refractivity contribution in [2.75, 3.05) is 40.8 Å². The lowest BCUT2D eigenvalue weighted by atomic mass is 9.99. The first-order chi connectivity index (χ1) is 17.6. The van der Waals surface area contributed by atoms with E-state index in [0.29, 0.717) is 19.6 Å². The van der Waals surface area contributed by atoms with E-state index < -0.39 is 0 Å². The van der Waals surface area contributed by atoms with Crippen LogP contribution in [-0.2, 0) is 4.79 Å². The first-order valence-electron chi connectivity index (χ1n) is 12.8. The van der Waals surface area contributed by atoms with Crippen LogP contribution >= 0.6 is 11.3 Å². The average Bonchev–Trinajstić information content (AvgIpc) is 3.57. The number of aromatic amines is 1. The van der Waals surface area contributed by atoms with Crippen LogP contribution in [0.25, 0.3) is 27.1 Å². The molecule has 0 aromatic carbocycles. The van der Waals surface area contributed by atoms with E-state index >= 15 is 0 Å². The van der Waals surface area contributed by atoms with Crippen molar-refractivity contribution in [2.45, 2.75) is 45.6 Å². The third-order valence-corrected chi connectivity index (χ3v) is 8.43. The molecule has 1 saturated heterocycles. The molecule has 1 N–H and O–H groups in total. The Bertz CT molecular complexity index is 1460. The molecule has 0 radical (unpaired) electrons. The Balaban J connectivity index is 1.37. The number of amides is 2. The summed E-state index contributed by atoms with van der Waals surface area (Å²) in [5, 5.41) is 4.33. The van der Waals surface area contributed by atoms with Gasteiger partial charge in [0, 0.05) is 37.9 Å². The van der Waals surface area contributed by atoms with Gasteiger partial charge in [-0.05, 0) is 63.0 Å². The summed E-state index contributed by atoms with van der Waals surface area (Å²) in [5.41, 5.74) is 6.25. The molecule has 0 bridgehead atoms. The molecule has 10 heteroatoms. The fraction of sp³-hybridized carbons (Fsp3) is 0.481. The maximum Gasteiger partial charge on any atom is 0.264 e. The molecule has 5 heterocycles. The van der Waals surface area contributed by atoms with Gasteiger partial charge in [0.15, 0.2) is 5.65 Å². The predicted octanol–water partition coefficient (Wildman–Crippen LogP) is 4.00. The van der Waals surface area contributed by atoms with Gasteiger partial charge in [-0.15, -0.1) is 11.3 Å². The number of H-pyrrole nitrogens is 1. The highest BCUT2D eigenvalue weighted by atomic mass is 32.1. The second-order valence-corrected chi connectivity index (χ2v) is 11.7. The molecule has 1 fully saturated rings. The van der Waals surface area contributed by atoms with E-state index in [9.17, 15) is 9.59 Å². The Morgan fingerprint density at radius 1 is 1.19 bits per heavy atom. The number of rotatable bonds is 6. The van der Waals surface area contributed by atoms with Gasteiger partial charge < -0.3 is 19.7 Å². The predicted molar refractivity (Wildman–Crippen MR) is 147 cm³/mol. The minimum absolute atomic E-state index is 0.0452. The van der Waals surface area contributed by atoms with E-state index in [0.717, 1.165) is 50.4 Å². The maximum absolute atomic E-state index is 13.5. The number of pyridine rings is 1. The van der Waals surface area contributed by atoms with E-state index in [-0.39, 0.29) is 23.8 Å². The van der Waals surface area contributed by atoms with Gasteiger partial charge in [-0.2, -0.15) is 5.10 Å². The second kappa shape index (κ2) is 9.90. The van der Waals surface area contributed by atoms with Gasteiger partial charge in [-0.25, -0.2) is 9.50 Å². The van der Waals surface area contributed by atoms with Gasteiger partial charge >= 0.3 is 0 Å². The number of fused-ring (bicyclic) bond motifs is 2. The molecule has 5 rings (SSSR count). The Labute approximate surface area is 221 Å². The largest absolute Gasteiger partial charge is 0.354 e. The molecule has 4 aromatic heterocycles. The summed E-state index contributed by atoms with van der Waals surface area (Å²) < 4.78 is 2.94. The van der Waals surface area contributed by atoms with E-state index in [4.69, 9.17) is 0 Å². The van der Waals surface area contributed by atoms with Crippen molar-refractivity contribution in [1.29, 1.82) is 0 Å². The van der Waals surface area contributed by atoms with Crippen molar-refractivity contribution < 1.29 is 9.59 Å². The molecule has 0 unspecified atom stereocenters. The fourth-order valence-corrected chi connectivity index (χ4v) is 6.62. The summed E-state index contributed by atoms with van der Waals surface area (Å²) in [6, 6.07) is 4.26. The molecular weight excluding hydrogens is 486 g/mol. The zero-order valence-electron chi connectivity index (χ0n) is 22.4. The lowest BCUT2D eigenvalue weighted by Gasteiger charge is -2.37. The Morgan fingerprint density at radius 2 is 1.92 bits per heavy atom. The van der Waals surface area contributed by atoms with Crippen molar-refractivity contribution >= 4 is 39.0 Å². The number of thiophene rings is 1. The Kier molecular flexibility index (Phi) is 6.80. The summed E-state index contributed by atoms with van der Waals surface area (Å²) in [4.78, 5) is 40.2. The monoisotopic (exact) mass is 521 g/mol. The molecule has 37 heavy (non-hydrogen) atoms. The van der Waals surface area contributed by atoms with Crippen LogP contribution in [-0.4, -0.2) is 92.9 Å². The molecule has 9 nitrogen and oxygen atoms in total. The molecule has 0 atom stereocenters. The number of likely N-dealkylation sites (tertiary alicyclic amines) is 1. The SMILES string of the molecule is Cc1cc(-c2[nH]c3cc(C(=O)N(C)C4CCN(C(=O)CN(C)C)CC4)sc3c2C(C)C)cn2ncnc12. The molecule has 0 aliphatic carbocycles. The van der Waals surface area contributed by atoms with Crippen LogP contribution in [0.5, 0.6) is 0 Å². The molecular formula is C27H35N7O2S. The highest BCUT2D eigenvalue weighted by molar-refractivity contribution is 7.21. The van der Waals surface area contributed by atoms with Gasteiger partial charge in [0.1, 0.15) is 6.33 Å². The average molecular weight is 522 g/mol. The topological polar surface area (TPSA) is 89.8 Å². The first-order valence-corrected chi connectivity index (χ1v) is 13.6. The quantitative estimate of drug-likeness (QED) is 0.414. The van der Waals surface area contributed by atoms with E-state index in [1.165, 1.54) is 5.56 Å². The number of carbonyl (C=O) groups is 2. The number of piperidine rings is 1.